The highest BCUT2D eigenvalue weighted by Crippen LogP contribution is 2.44. The Kier molecular flexibility index (Phi) is 6.67. The summed E-state index contributed by atoms with van der Waals surface area (Å²) in [6, 6.07) is 15.2. The standard InChI is InChI=1S/C26H30N2O5/c1-17(29)28-13-11-18(12-14-28)15-24(25(30)31)27(2)26(32)33-16-23-21-9-5-3-7-19(21)20-8-4-6-10-22(20)23/h3-10,18,23-24H,11-16H2,1-2H3,(H,30,31). The summed E-state index contributed by atoms with van der Waals surface area (Å²) in [6.07, 6.45) is 1.19. The Hall–Kier alpha value is -3.35. The number of carbonyl (C=O) groups excluding carboxylic acids is 2. The quantitative estimate of drug-likeness (QED) is 0.720. The van der Waals surface area contributed by atoms with Crippen molar-refractivity contribution in [1.29, 1.82) is 0 Å². The first kappa shape index (κ1) is 22.8. The number of rotatable bonds is 6. The molecule has 1 fully saturated rings. The number of benzene rings is 2. The number of likely N-dealkylation sites (tertiary alicyclic amines) is 1. The van der Waals surface area contributed by atoms with Crippen LogP contribution in [0.5, 0.6) is 0 Å². The summed E-state index contributed by atoms with van der Waals surface area (Å²) in [6.45, 7) is 2.95. The van der Waals surface area contributed by atoms with Gasteiger partial charge in [-0.1, -0.05) is 48.5 Å². The van der Waals surface area contributed by atoms with Gasteiger partial charge in [0, 0.05) is 33.0 Å². The molecule has 1 aliphatic heterocycles. The summed E-state index contributed by atoms with van der Waals surface area (Å²) < 4.78 is 5.64. The van der Waals surface area contributed by atoms with E-state index in [1.807, 2.05) is 36.4 Å². The molecule has 1 unspecified atom stereocenters. The molecule has 1 heterocycles. The van der Waals surface area contributed by atoms with Gasteiger partial charge >= 0.3 is 12.1 Å². The second-order valence-corrected chi connectivity index (χ2v) is 8.95. The van der Waals surface area contributed by atoms with Crippen molar-refractivity contribution in [2.75, 3.05) is 26.7 Å². The Morgan fingerprint density at radius 3 is 2.09 bits per heavy atom. The van der Waals surface area contributed by atoms with Gasteiger partial charge in [-0.05, 0) is 47.4 Å². The van der Waals surface area contributed by atoms with Crippen LogP contribution in [0.15, 0.2) is 48.5 Å². The Morgan fingerprint density at radius 2 is 1.58 bits per heavy atom. The van der Waals surface area contributed by atoms with Crippen LogP contribution in [0.1, 0.15) is 43.2 Å². The molecule has 0 saturated carbocycles. The van der Waals surface area contributed by atoms with E-state index in [0.29, 0.717) is 19.5 Å². The maximum Gasteiger partial charge on any atom is 0.410 e. The fourth-order valence-corrected chi connectivity index (χ4v) is 5.05. The molecule has 1 saturated heterocycles. The zero-order valence-electron chi connectivity index (χ0n) is 19.1. The molecule has 2 aromatic carbocycles. The lowest BCUT2D eigenvalue weighted by atomic mass is 9.89. The highest BCUT2D eigenvalue weighted by Gasteiger charge is 2.34. The first-order valence-corrected chi connectivity index (χ1v) is 11.4. The minimum Gasteiger partial charge on any atom is -0.480 e. The predicted molar refractivity (Wildman–Crippen MR) is 124 cm³/mol. The topological polar surface area (TPSA) is 87.2 Å². The lowest BCUT2D eigenvalue weighted by Crippen LogP contribution is -2.45. The van der Waals surface area contributed by atoms with E-state index in [2.05, 4.69) is 12.1 Å². The number of hydrogen-bond acceptors (Lipinski definition) is 4. The largest absolute Gasteiger partial charge is 0.480 e. The number of likely N-dealkylation sites (N-methyl/N-ethyl adjacent to an activating group) is 1. The lowest BCUT2D eigenvalue weighted by molar-refractivity contribution is -0.143. The minimum absolute atomic E-state index is 0.0407. The molecule has 2 amide bonds. The molecule has 0 bridgehead atoms. The number of nitrogens with zero attached hydrogens (tertiary/aromatic N) is 2. The van der Waals surface area contributed by atoms with E-state index in [9.17, 15) is 19.5 Å². The first-order valence-electron chi connectivity index (χ1n) is 11.4. The number of hydrogen-bond donors (Lipinski definition) is 1. The monoisotopic (exact) mass is 450 g/mol. The van der Waals surface area contributed by atoms with Crippen molar-refractivity contribution in [3.05, 3.63) is 59.7 Å². The number of ether oxygens (including phenoxy) is 1. The second kappa shape index (κ2) is 9.65. The van der Waals surface area contributed by atoms with Crippen molar-refractivity contribution in [1.82, 2.24) is 9.80 Å². The van der Waals surface area contributed by atoms with Crippen molar-refractivity contribution < 1.29 is 24.2 Å². The highest BCUT2D eigenvalue weighted by atomic mass is 16.6. The molecule has 33 heavy (non-hydrogen) atoms. The molecule has 0 radical (unpaired) electrons. The van der Waals surface area contributed by atoms with Gasteiger partial charge in [-0.3, -0.25) is 9.69 Å². The Bertz CT molecular complexity index is 999. The first-order chi connectivity index (χ1) is 15.9. The number of piperidine rings is 1. The average Bonchev–Trinajstić information content (AvgIpc) is 3.14. The molecule has 7 heteroatoms. The van der Waals surface area contributed by atoms with E-state index in [-0.39, 0.29) is 24.3 Å². The maximum absolute atomic E-state index is 12.8. The van der Waals surface area contributed by atoms with E-state index < -0.39 is 18.1 Å². The van der Waals surface area contributed by atoms with E-state index in [1.54, 1.807) is 11.8 Å². The van der Waals surface area contributed by atoms with E-state index in [0.717, 1.165) is 35.1 Å². The van der Waals surface area contributed by atoms with Crippen LogP contribution in [0.3, 0.4) is 0 Å². The number of fused-ring (bicyclic) bond motifs is 3. The molecule has 2 aliphatic rings. The third-order valence-corrected chi connectivity index (χ3v) is 6.99. The van der Waals surface area contributed by atoms with Crippen LogP contribution in [0.2, 0.25) is 0 Å². The molecule has 1 N–H and O–H groups in total. The Labute approximate surface area is 193 Å². The highest BCUT2D eigenvalue weighted by molar-refractivity contribution is 5.81. The van der Waals surface area contributed by atoms with Gasteiger partial charge in [0.25, 0.3) is 0 Å². The van der Waals surface area contributed by atoms with Crippen LogP contribution >= 0.6 is 0 Å². The molecule has 4 rings (SSSR count). The molecule has 174 valence electrons. The summed E-state index contributed by atoms with van der Waals surface area (Å²) in [5.74, 6) is -0.932. The normalized spacial score (nSPS) is 16.6. The van der Waals surface area contributed by atoms with Crippen LogP contribution < -0.4 is 0 Å². The minimum atomic E-state index is -1.04. The predicted octanol–water partition coefficient (Wildman–Crippen LogP) is 3.97. The van der Waals surface area contributed by atoms with Crippen molar-refractivity contribution in [2.24, 2.45) is 5.92 Å². The third kappa shape index (κ3) is 4.72. The smallest absolute Gasteiger partial charge is 0.410 e. The summed E-state index contributed by atoms with van der Waals surface area (Å²) in [5, 5.41) is 9.79. The van der Waals surface area contributed by atoms with Crippen molar-refractivity contribution >= 4 is 18.0 Å². The zero-order chi connectivity index (χ0) is 23.5. The summed E-state index contributed by atoms with van der Waals surface area (Å²) in [7, 11) is 1.49. The van der Waals surface area contributed by atoms with E-state index in [4.69, 9.17) is 4.74 Å². The van der Waals surface area contributed by atoms with Crippen molar-refractivity contribution in [3.8, 4) is 11.1 Å². The van der Waals surface area contributed by atoms with E-state index in [1.165, 1.54) is 11.9 Å². The number of amides is 2. The average molecular weight is 451 g/mol. The third-order valence-electron chi connectivity index (χ3n) is 6.99. The van der Waals surface area contributed by atoms with Crippen LogP contribution in [0, 0.1) is 5.92 Å². The van der Waals surface area contributed by atoms with Crippen molar-refractivity contribution in [3.63, 3.8) is 0 Å². The van der Waals surface area contributed by atoms with Crippen LogP contribution in [-0.4, -0.2) is 65.7 Å². The summed E-state index contributed by atoms with van der Waals surface area (Å²) in [5.41, 5.74) is 4.51. The van der Waals surface area contributed by atoms with Crippen LogP contribution in [0.4, 0.5) is 4.79 Å². The molecule has 0 aromatic heterocycles. The maximum atomic E-state index is 12.8. The molecule has 2 aromatic rings. The second-order valence-electron chi connectivity index (χ2n) is 8.95. The Balaban J connectivity index is 1.39. The fraction of sp³-hybridized carbons (Fsp3) is 0.423. The molecule has 1 atom stereocenters. The molecule has 1 aliphatic carbocycles. The van der Waals surface area contributed by atoms with Gasteiger partial charge in [0.1, 0.15) is 12.6 Å². The number of carboxylic acid groups (broad SMARTS) is 1. The van der Waals surface area contributed by atoms with Gasteiger partial charge in [-0.2, -0.15) is 0 Å². The van der Waals surface area contributed by atoms with Gasteiger partial charge < -0.3 is 14.7 Å². The number of carbonyl (C=O) groups is 3. The summed E-state index contributed by atoms with van der Waals surface area (Å²) >= 11 is 0. The summed E-state index contributed by atoms with van der Waals surface area (Å²) in [4.78, 5) is 39.3. The molecular weight excluding hydrogens is 420 g/mol. The van der Waals surface area contributed by atoms with Gasteiger partial charge in [0.2, 0.25) is 5.91 Å². The van der Waals surface area contributed by atoms with Crippen molar-refractivity contribution in [2.45, 2.75) is 38.1 Å². The molecular formula is C26H30N2O5. The lowest BCUT2D eigenvalue weighted by Gasteiger charge is -2.34. The van der Waals surface area contributed by atoms with Gasteiger partial charge in [-0.25, -0.2) is 9.59 Å². The SMILES string of the molecule is CC(=O)N1CCC(CC(C(=O)O)N(C)C(=O)OCC2c3ccccc3-c3ccccc32)CC1. The molecule has 0 spiro atoms. The van der Waals surface area contributed by atoms with Crippen LogP contribution in [0.25, 0.3) is 11.1 Å². The van der Waals surface area contributed by atoms with E-state index >= 15 is 0 Å². The van der Waals surface area contributed by atoms with Gasteiger partial charge in [-0.15, -0.1) is 0 Å². The van der Waals surface area contributed by atoms with Gasteiger partial charge in [0.15, 0.2) is 0 Å². The zero-order valence-corrected chi connectivity index (χ0v) is 19.1. The van der Waals surface area contributed by atoms with Gasteiger partial charge in [0.05, 0.1) is 0 Å². The Morgan fingerprint density at radius 1 is 1.03 bits per heavy atom. The fourth-order valence-electron chi connectivity index (χ4n) is 5.05. The van der Waals surface area contributed by atoms with Crippen LogP contribution in [-0.2, 0) is 14.3 Å². The number of carboxylic acids is 1. The molecule has 7 nitrogen and oxygen atoms in total. The number of aliphatic carboxylic acids is 1.